The molecule has 1 saturated heterocycles. The van der Waals surface area contributed by atoms with Crippen LogP contribution in [-0.4, -0.2) is 60.5 Å². The smallest absolute Gasteiger partial charge is 0.409 e. The van der Waals surface area contributed by atoms with Crippen LogP contribution in [0.3, 0.4) is 0 Å². The van der Waals surface area contributed by atoms with Crippen LogP contribution in [0.2, 0.25) is 0 Å². The van der Waals surface area contributed by atoms with Gasteiger partial charge in [0.2, 0.25) is 0 Å². The van der Waals surface area contributed by atoms with E-state index in [1.54, 1.807) is 11.8 Å². The van der Waals surface area contributed by atoms with Crippen LogP contribution < -0.4 is 4.90 Å². The Hall–Kier alpha value is -3.35. The van der Waals surface area contributed by atoms with Gasteiger partial charge < -0.3 is 14.5 Å². The Balaban J connectivity index is 1.71. The Morgan fingerprint density at radius 1 is 0.862 bits per heavy atom. The summed E-state index contributed by atoms with van der Waals surface area (Å²) in [5, 5.41) is 0. The Kier molecular flexibility index (Phi) is 6.84. The fourth-order valence-corrected chi connectivity index (χ4v) is 3.21. The average molecular weight is 395 g/mol. The molecule has 0 unspecified atom stereocenters. The van der Waals surface area contributed by atoms with E-state index >= 15 is 0 Å². The molecule has 152 valence electrons. The lowest BCUT2D eigenvalue weighted by molar-refractivity contribution is -0.145. The molecule has 1 heterocycles. The number of hydrogen-bond acceptors (Lipinski definition) is 4. The summed E-state index contributed by atoms with van der Waals surface area (Å²) in [6, 6.07) is 18.7. The zero-order valence-electron chi connectivity index (χ0n) is 16.5. The molecule has 1 fully saturated rings. The van der Waals surface area contributed by atoms with E-state index in [9.17, 15) is 14.4 Å². The van der Waals surface area contributed by atoms with Gasteiger partial charge in [0.25, 0.3) is 0 Å². The molecule has 2 aromatic rings. The summed E-state index contributed by atoms with van der Waals surface area (Å²) < 4.78 is 5.00. The lowest BCUT2D eigenvalue weighted by atomic mass is 10.2. The van der Waals surface area contributed by atoms with Crippen LogP contribution in [0.15, 0.2) is 60.7 Å². The lowest BCUT2D eigenvalue weighted by Crippen LogP contribution is -2.54. The van der Waals surface area contributed by atoms with E-state index in [2.05, 4.69) is 0 Å². The molecule has 2 aromatic carbocycles. The van der Waals surface area contributed by atoms with Gasteiger partial charge in [-0.05, 0) is 24.6 Å². The highest BCUT2D eigenvalue weighted by molar-refractivity contribution is 6.40. The van der Waals surface area contributed by atoms with Crippen LogP contribution in [0.1, 0.15) is 12.5 Å². The molecule has 7 heteroatoms. The highest BCUT2D eigenvalue weighted by atomic mass is 16.6. The van der Waals surface area contributed by atoms with E-state index in [0.29, 0.717) is 45.0 Å². The van der Waals surface area contributed by atoms with Crippen LogP contribution in [-0.2, 0) is 20.9 Å². The van der Waals surface area contributed by atoms with Crippen molar-refractivity contribution in [2.45, 2.75) is 13.5 Å². The monoisotopic (exact) mass is 395 g/mol. The Morgan fingerprint density at radius 3 is 2.00 bits per heavy atom. The predicted octanol–water partition coefficient (Wildman–Crippen LogP) is 2.52. The van der Waals surface area contributed by atoms with Gasteiger partial charge >= 0.3 is 17.9 Å². The van der Waals surface area contributed by atoms with Gasteiger partial charge in [0.1, 0.15) is 0 Å². The van der Waals surface area contributed by atoms with Crippen molar-refractivity contribution < 1.29 is 19.1 Å². The summed E-state index contributed by atoms with van der Waals surface area (Å²) in [6.45, 7) is 3.67. The summed E-state index contributed by atoms with van der Waals surface area (Å²) in [4.78, 5) is 42.4. The van der Waals surface area contributed by atoms with Crippen molar-refractivity contribution in [3.63, 3.8) is 0 Å². The molecule has 1 aliphatic rings. The molecule has 0 atom stereocenters. The highest BCUT2D eigenvalue weighted by Gasteiger charge is 2.31. The van der Waals surface area contributed by atoms with E-state index in [1.807, 2.05) is 60.7 Å². The predicted molar refractivity (Wildman–Crippen MR) is 109 cm³/mol. The van der Waals surface area contributed by atoms with Crippen molar-refractivity contribution in [3.8, 4) is 0 Å². The fraction of sp³-hybridized carbons (Fsp3) is 0.318. The number of benzene rings is 2. The maximum absolute atomic E-state index is 13.1. The third kappa shape index (κ3) is 5.13. The number of nitrogens with zero attached hydrogens (tertiary/aromatic N) is 3. The number of hydrogen-bond donors (Lipinski definition) is 0. The number of para-hydroxylation sites is 1. The molecule has 0 N–H and O–H groups in total. The van der Waals surface area contributed by atoms with Crippen LogP contribution in [0.25, 0.3) is 0 Å². The van der Waals surface area contributed by atoms with Crippen LogP contribution >= 0.6 is 0 Å². The molecule has 7 nitrogen and oxygen atoms in total. The summed E-state index contributed by atoms with van der Waals surface area (Å²) in [5.74, 6) is -1.14. The molecule has 0 aromatic heterocycles. The molecule has 0 bridgehead atoms. The number of carbonyl (C=O) groups is 3. The first-order valence-corrected chi connectivity index (χ1v) is 9.71. The Bertz CT molecular complexity index is 834. The molecule has 3 rings (SSSR count). The number of anilines is 1. The minimum Gasteiger partial charge on any atom is -0.450 e. The van der Waals surface area contributed by atoms with Crippen LogP contribution in [0.5, 0.6) is 0 Å². The van der Waals surface area contributed by atoms with E-state index in [4.69, 9.17) is 4.74 Å². The van der Waals surface area contributed by atoms with Gasteiger partial charge in [-0.15, -0.1) is 0 Å². The molecule has 0 spiro atoms. The van der Waals surface area contributed by atoms with E-state index in [1.165, 1.54) is 9.80 Å². The molecule has 3 amide bonds. The first kappa shape index (κ1) is 20.4. The van der Waals surface area contributed by atoms with Crippen molar-refractivity contribution in [3.05, 3.63) is 66.2 Å². The molecular formula is C22H25N3O4. The largest absolute Gasteiger partial charge is 0.450 e. The minimum absolute atomic E-state index is 0.303. The quantitative estimate of drug-likeness (QED) is 0.746. The second kappa shape index (κ2) is 9.73. The number of amides is 3. The van der Waals surface area contributed by atoms with Crippen molar-refractivity contribution in [1.29, 1.82) is 0 Å². The standard InChI is InChI=1S/C22H25N3O4/c1-2-29-22(28)24-15-13-23(14-16-24)20(26)21(27)25(19-11-7-4-8-12-19)17-18-9-5-3-6-10-18/h3-12H,2,13-17H2,1H3. The third-order valence-corrected chi connectivity index (χ3v) is 4.77. The maximum atomic E-state index is 13.1. The number of ether oxygens (including phenoxy) is 1. The topological polar surface area (TPSA) is 70.2 Å². The van der Waals surface area contributed by atoms with Gasteiger partial charge in [0.05, 0.1) is 13.2 Å². The first-order chi connectivity index (χ1) is 14.1. The van der Waals surface area contributed by atoms with E-state index < -0.39 is 11.8 Å². The molecule has 0 aliphatic carbocycles. The highest BCUT2D eigenvalue weighted by Crippen LogP contribution is 2.18. The van der Waals surface area contributed by atoms with Gasteiger partial charge in [-0.2, -0.15) is 0 Å². The summed E-state index contributed by atoms with van der Waals surface area (Å²) in [7, 11) is 0. The van der Waals surface area contributed by atoms with Crippen molar-refractivity contribution in [2.75, 3.05) is 37.7 Å². The SMILES string of the molecule is CCOC(=O)N1CCN(C(=O)C(=O)N(Cc2ccccc2)c2ccccc2)CC1. The lowest BCUT2D eigenvalue weighted by Gasteiger charge is -2.34. The van der Waals surface area contributed by atoms with E-state index in [0.717, 1.165) is 5.56 Å². The van der Waals surface area contributed by atoms with Gasteiger partial charge in [-0.25, -0.2) is 4.79 Å². The minimum atomic E-state index is -0.579. The van der Waals surface area contributed by atoms with Gasteiger partial charge in [0, 0.05) is 31.9 Å². The Labute approximate surface area is 170 Å². The number of carbonyl (C=O) groups excluding carboxylic acids is 3. The van der Waals surface area contributed by atoms with Crippen molar-refractivity contribution >= 4 is 23.6 Å². The van der Waals surface area contributed by atoms with Crippen LogP contribution in [0.4, 0.5) is 10.5 Å². The van der Waals surface area contributed by atoms with Crippen molar-refractivity contribution in [2.24, 2.45) is 0 Å². The zero-order valence-corrected chi connectivity index (χ0v) is 16.5. The normalized spacial score (nSPS) is 13.7. The van der Waals surface area contributed by atoms with Crippen molar-refractivity contribution in [1.82, 2.24) is 9.80 Å². The molecule has 1 aliphatic heterocycles. The second-order valence-corrected chi connectivity index (χ2v) is 6.69. The summed E-state index contributed by atoms with van der Waals surface area (Å²) >= 11 is 0. The average Bonchev–Trinajstić information content (AvgIpc) is 2.78. The molecule has 29 heavy (non-hydrogen) atoms. The second-order valence-electron chi connectivity index (χ2n) is 6.69. The van der Waals surface area contributed by atoms with Gasteiger partial charge in [-0.3, -0.25) is 14.5 Å². The molecular weight excluding hydrogens is 370 g/mol. The fourth-order valence-electron chi connectivity index (χ4n) is 3.21. The summed E-state index contributed by atoms with van der Waals surface area (Å²) in [6.07, 6.45) is -0.388. The Morgan fingerprint density at radius 2 is 1.41 bits per heavy atom. The number of rotatable bonds is 4. The maximum Gasteiger partial charge on any atom is 0.409 e. The number of piperazine rings is 1. The molecule has 0 saturated carbocycles. The van der Waals surface area contributed by atoms with Gasteiger partial charge in [0.15, 0.2) is 0 Å². The molecule has 0 radical (unpaired) electrons. The zero-order chi connectivity index (χ0) is 20.6. The van der Waals surface area contributed by atoms with E-state index in [-0.39, 0.29) is 6.09 Å². The first-order valence-electron chi connectivity index (χ1n) is 9.71. The van der Waals surface area contributed by atoms with Crippen LogP contribution in [0, 0.1) is 0 Å². The van der Waals surface area contributed by atoms with Gasteiger partial charge in [-0.1, -0.05) is 48.5 Å². The summed E-state index contributed by atoms with van der Waals surface area (Å²) in [5.41, 5.74) is 1.60. The third-order valence-electron chi connectivity index (χ3n) is 4.77.